The summed E-state index contributed by atoms with van der Waals surface area (Å²) in [6.45, 7) is 3.47. The Bertz CT molecular complexity index is 1080. The first-order chi connectivity index (χ1) is 15.4. The third kappa shape index (κ3) is 5.15. The van der Waals surface area contributed by atoms with Crippen molar-refractivity contribution in [3.8, 4) is 5.75 Å². The van der Waals surface area contributed by atoms with Gasteiger partial charge in [0.25, 0.3) is 5.91 Å². The lowest BCUT2D eigenvalue weighted by Crippen LogP contribution is -2.53. The molecule has 2 atom stereocenters. The predicted molar refractivity (Wildman–Crippen MR) is 131 cm³/mol. The van der Waals surface area contributed by atoms with Crippen molar-refractivity contribution < 1.29 is 9.53 Å². The SMILES string of the molecule is CC(Oc1ccccc1)C(=O)N1CCN(c2ccc(Cl)cc2Cl)C(c2ccc(Cl)cc2)C1. The summed E-state index contributed by atoms with van der Waals surface area (Å²) in [7, 11) is 0. The first kappa shape index (κ1) is 22.8. The van der Waals surface area contributed by atoms with E-state index in [1.165, 1.54) is 0 Å². The zero-order valence-corrected chi connectivity index (χ0v) is 19.8. The van der Waals surface area contributed by atoms with Gasteiger partial charge in [-0.1, -0.05) is 65.1 Å². The Balaban J connectivity index is 1.58. The second kappa shape index (κ2) is 10.0. The van der Waals surface area contributed by atoms with E-state index in [1.807, 2.05) is 71.6 Å². The second-order valence-electron chi connectivity index (χ2n) is 7.71. The summed E-state index contributed by atoms with van der Waals surface area (Å²) in [4.78, 5) is 17.3. The molecule has 0 radical (unpaired) electrons. The van der Waals surface area contributed by atoms with Gasteiger partial charge in [-0.2, -0.15) is 0 Å². The fourth-order valence-corrected chi connectivity index (χ4v) is 4.61. The van der Waals surface area contributed by atoms with Gasteiger partial charge in [-0.05, 0) is 55.0 Å². The highest BCUT2D eigenvalue weighted by Gasteiger charge is 2.34. The molecule has 4 nitrogen and oxygen atoms in total. The molecule has 1 aliphatic rings. The van der Waals surface area contributed by atoms with Gasteiger partial charge in [-0.3, -0.25) is 4.79 Å². The monoisotopic (exact) mass is 488 g/mol. The number of piperazine rings is 1. The molecule has 1 fully saturated rings. The normalized spacial score (nSPS) is 17.2. The standard InChI is InChI=1S/C25H23Cl3N2O2/c1-17(32-21-5-3-2-4-6-21)25(31)29-13-14-30(23-12-11-20(27)15-22(23)28)24(16-29)18-7-9-19(26)10-8-18/h2-12,15,17,24H,13-14,16H2,1H3. The van der Waals surface area contributed by atoms with E-state index in [1.54, 1.807) is 13.0 Å². The molecular weight excluding hydrogens is 467 g/mol. The minimum absolute atomic E-state index is 0.0466. The van der Waals surface area contributed by atoms with Crippen LogP contribution in [0.4, 0.5) is 5.69 Å². The quantitative estimate of drug-likeness (QED) is 0.410. The average Bonchev–Trinajstić information content (AvgIpc) is 2.79. The number of anilines is 1. The Labute approximate surface area is 203 Å². The van der Waals surface area contributed by atoms with E-state index in [2.05, 4.69) is 4.90 Å². The number of rotatable bonds is 5. The van der Waals surface area contributed by atoms with Crippen molar-refractivity contribution in [3.63, 3.8) is 0 Å². The molecule has 4 rings (SSSR count). The van der Waals surface area contributed by atoms with Gasteiger partial charge in [-0.25, -0.2) is 0 Å². The molecule has 1 aliphatic heterocycles. The number of amides is 1. The Kier molecular flexibility index (Phi) is 7.14. The molecule has 7 heteroatoms. The number of benzene rings is 3. The maximum atomic E-state index is 13.2. The number of ether oxygens (including phenoxy) is 1. The molecule has 0 bridgehead atoms. The molecule has 0 aromatic heterocycles. The van der Waals surface area contributed by atoms with Crippen LogP contribution in [0.2, 0.25) is 15.1 Å². The molecule has 166 valence electrons. The first-order valence-corrected chi connectivity index (χ1v) is 11.5. The molecule has 3 aromatic carbocycles. The fourth-order valence-electron chi connectivity index (χ4n) is 3.97. The van der Waals surface area contributed by atoms with Crippen LogP contribution in [0.5, 0.6) is 5.75 Å². The molecule has 0 N–H and O–H groups in total. The van der Waals surface area contributed by atoms with E-state index in [0.29, 0.717) is 40.5 Å². The molecule has 2 unspecified atom stereocenters. The summed E-state index contributed by atoms with van der Waals surface area (Å²) in [6, 6.07) is 22.5. The van der Waals surface area contributed by atoms with Crippen molar-refractivity contribution >= 4 is 46.4 Å². The summed E-state index contributed by atoms with van der Waals surface area (Å²) in [5, 5.41) is 1.83. The summed E-state index contributed by atoms with van der Waals surface area (Å²) >= 11 is 18.8. The number of carbonyl (C=O) groups excluding carboxylic acids is 1. The average molecular weight is 490 g/mol. The summed E-state index contributed by atoms with van der Waals surface area (Å²) in [5.41, 5.74) is 1.94. The van der Waals surface area contributed by atoms with Crippen molar-refractivity contribution in [1.29, 1.82) is 0 Å². The molecule has 0 spiro atoms. The third-order valence-electron chi connectivity index (χ3n) is 5.57. The van der Waals surface area contributed by atoms with Crippen LogP contribution < -0.4 is 9.64 Å². The van der Waals surface area contributed by atoms with Crippen LogP contribution in [0.1, 0.15) is 18.5 Å². The largest absolute Gasteiger partial charge is 0.481 e. The number of hydrogen-bond donors (Lipinski definition) is 0. The molecule has 32 heavy (non-hydrogen) atoms. The minimum Gasteiger partial charge on any atom is -0.481 e. The number of nitrogens with zero attached hydrogens (tertiary/aromatic N) is 2. The summed E-state index contributed by atoms with van der Waals surface area (Å²) in [5.74, 6) is 0.629. The lowest BCUT2D eigenvalue weighted by Gasteiger charge is -2.44. The third-order valence-corrected chi connectivity index (χ3v) is 6.36. The smallest absolute Gasteiger partial charge is 0.263 e. The van der Waals surface area contributed by atoms with E-state index >= 15 is 0 Å². The van der Waals surface area contributed by atoms with E-state index in [0.717, 1.165) is 11.3 Å². The van der Waals surface area contributed by atoms with Crippen molar-refractivity contribution in [2.45, 2.75) is 19.1 Å². The Morgan fingerprint density at radius 3 is 2.31 bits per heavy atom. The molecular formula is C25H23Cl3N2O2. The molecule has 3 aromatic rings. The van der Waals surface area contributed by atoms with Crippen LogP contribution >= 0.6 is 34.8 Å². The number of para-hydroxylation sites is 1. The minimum atomic E-state index is -0.589. The van der Waals surface area contributed by atoms with Crippen LogP contribution in [0.15, 0.2) is 72.8 Å². The molecule has 1 heterocycles. The van der Waals surface area contributed by atoms with Crippen LogP contribution in [-0.2, 0) is 4.79 Å². The highest BCUT2D eigenvalue weighted by atomic mass is 35.5. The van der Waals surface area contributed by atoms with Crippen LogP contribution in [0.25, 0.3) is 0 Å². The zero-order chi connectivity index (χ0) is 22.7. The van der Waals surface area contributed by atoms with Gasteiger partial charge in [0, 0.05) is 29.7 Å². The van der Waals surface area contributed by atoms with E-state index in [9.17, 15) is 4.79 Å². The van der Waals surface area contributed by atoms with Crippen LogP contribution in [0.3, 0.4) is 0 Å². The second-order valence-corrected chi connectivity index (χ2v) is 8.99. The van der Waals surface area contributed by atoms with Gasteiger partial charge in [0.2, 0.25) is 0 Å². The Hall–Kier alpha value is -2.40. The van der Waals surface area contributed by atoms with E-state index in [4.69, 9.17) is 39.5 Å². The topological polar surface area (TPSA) is 32.8 Å². The van der Waals surface area contributed by atoms with Crippen molar-refractivity contribution in [2.24, 2.45) is 0 Å². The van der Waals surface area contributed by atoms with Gasteiger partial charge in [0.15, 0.2) is 6.10 Å². The van der Waals surface area contributed by atoms with Gasteiger partial charge in [0.1, 0.15) is 5.75 Å². The lowest BCUT2D eigenvalue weighted by atomic mass is 10.0. The van der Waals surface area contributed by atoms with Gasteiger partial charge in [-0.15, -0.1) is 0 Å². The molecule has 0 aliphatic carbocycles. The zero-order valence-electron chi connectivity index (χ0n) is 17.5. The number of halogens is 3. The van der Waals surface area contributed by atoms with Crippen molar-refractivity contribution in [1.82, 2.24) is 4.90 Å². The van der Waals surface area contributed by atoms with Crippen molar-refractivity contribution in [2.75, 3.05) is 24.5 Å². The van der Waals surface area contributed by atoms with Crippen LogP contribution in [0, 0.1) is 0 Å². The van der Waals surface area contributed by atoms with Crippen LogP contribution in [-0.4, -0.2) is 36.5 Å². The Morgan fingerprint density at radius 2 is 1.62 bits per heavy atom. The number of hydrogen-bond acceptors (Lipinski definition) is 3. The lowest BCUT2D eigenvalue weighted by molar-refractivity contribution is -0.138. The highest BCUT2D eigenvalue weighted by molar-refractivity contribution is 6.36. The van der Waals surface area contributed by atoms with Gasteiger partial charge in [0.05, 0.1) is 16.8 Å². The maximum Gasteiger partial charge on any atom is 0.263 e. The predicted octanol–water partition coefficient (Wildman–Crippen LogP) is 6.50. The summed E-state index contributed by atoms with van der Waals surface area (Å²) in [6.07, 6.45) is -0.589. The fraction of sp³-hybridized carbons (Fsp3) is 0.240. The summed E-state index contributed by atoms with van der Waals surface area (Å²) < 4.78 is 5.87. The van der Waals surface area contributed by atoms with Gasteiger partial charge < -0.3 is 14.5 Å². The molecule has 1 amide bonds. The Morgan fingerprint density at radius 1 is 0.938 bits per heavy atom. The maximum absolute atomic E-state index is 13.2. The van der Waals surface area contributed by atoms with Crippen molar-refractivity contribution in [3.05, 3.63) is 93.4 Å². The van der Waals surface area contributed by atoms with Gasteiger partial charge >= 0.3 is 0 Å². The molecule has 1 saturated heterocycles. The molecule has 0 saturated carbocycles. The number of carbonyl (C=O) groups is 1. The van der Waals surface area contributed by atoms with E-state index < -0.39 is 6.10 Å². The highest BCUT2D eigenvalue weighted by Crippen LogP contribution is 2.37. The first-order valence-electron chi connectivity index (χ1n) is 10.4. The van der Waals surface area contributed by atoms with E-state index in [-0.39, 0.29) is 11.9 Å².